The van der Waals surface area contributed by atoms with Crippen LogP contribution in [0.15, 0.2) is 17.1 Å². The third kappa shape index (κ3) is 9.19. The smallest absolute Gasteiger partial charge is 0.333 e. The maximum Gasteiger partial charge on any atom is 0.333 e. The Morgan fingerprint density at radius 3 is 2.73 bits per heavy atom. The van der Waals surface area contributed by atoms with Crippen LogP contribution in [-0.2, 0) is 9.53 Å². The zero-order chi connectivity index (χ0) is 11.7. The Bertz CT molecular complexity index is 232. The van der Waals surface area contributed by atoms with Crippen molar-refractivity contribution in [1.82, 2.24) is 0 Å². The van der Waals surface area contributed by atoms with Crippen molar-refractivity contribution in [2.45, 2.75) is 33.6 Å². The summed E-state index contributed by atoms with van der Waals surface area (Å²) in [6.07, 6.45) is 4.04. The first-order chi connectivity index (χ1) is 7.04. The Balaban J connectivity index is 3.38. The molecule has 0 aliphatic heterocycles. The molecule has 0 bridgehead atoms. The number of rotatable bonds is 7. The summed E-state index contributed by atoms with van der Waals surface area (Å²) in [5.74, 6) is 0.366. The number of ether oxygens (including phenoxy) is 1. The largest absolute Gasteiger partial charge is 0.460 e. The Hall–Kier alpha value is -1.12. The first-order valence-electron chi connectivity index (χ1n) is 5.35. The van der Waals surface area contributed by atoms with Crippen LogP contribution in [0.5, 0.6) is 0 Å². The predicted molar refractivity (Wildman–Crippen MR) is 63.2 cm³/mol. The highest BCUT2D eigenvalue weighted by atomic mass is 16.5. The van der Waals surface area contributed by atoms with Crippen LogP contribution in [0.25, 0.3) is 0 Å². The van der Waals surface area contributed by atoms with Crippen LogP contribution >= 0.6 is 0 Å². The van der Waals surface area contributed by atoms with Crippen LogP contribution in [0.1, 0.15) is 33.6 Å². The van der Waals surface area contributed by atoms with E-state index in [2.05, 4.69) is 25.4 Å². The summed E-state index contributed by atoms with van der Waals surface area (Å²) < 4.78 is 4.88. The molecule has 0 heterocycles. The lowest BCUT2D eigenvalue weighted by Gasteiger charge is -2.01. The van der Waals surface area contributed by atoms with E-state index < -0.39 is 0 Å². The fourth-order valence-corrected chi connectivity index (χ4v) is 0.905. The van der Waals surface area contributed by atoms with Crippen LogP contribution in [-0.4, -0.2) is 25.3 Å². The molecule has 0 spiro atoms. The normalized spacial score (nSPS) is 10.9. The first-order valence-corrected chi connectivity index (χ1v) is 5.35. The van der Waals surface area contributed by atoms with Crippen molar-refractivity contribution < 1.29 is 9.53 Å². The van der Waals surface area contributed by atoms with Gasteiger partial charge in [0.15, 0.2) is 0 Å². The van der Waals surface area contributed by atoms with E-state index in [9.17, 15) is 4.79 Å². The van der Waals surface area contributed by atoms with E-state index in [0.29, 0.717) is 24.6 Å². The molecule has 0 saturated carbocycles. The lowest BCUT2D eigenvalue weighted by molar-refractivity contribution is -0.138. The predicted octanol–water partition coefficient (Wildman–Crippen LogP) is 2.61. The van der Waals surface area contributed by atoms with Crippen LogP contribution in [0.3, 0.4) is 0 Å². The van der Waals surface area contributed by atoms with Gasteiger partial charge in [-0.1, -0.05) is 20.4 Å². The molecule has 0 fully saturated rings. The molecule has 0 aliphatic rings. The van der Waals surface area contributed by atoms with E-state index in [4.69, 9.17) is 4.74 Å². The van der Waals surface area contributed by atoms with Crippen LogP contribution in [0.2, 0.25) is 0 Å². The van der Waals surface area contributed by atoms with Crippen molar-refractivity contribution in [3.63, 3.8) is 0 Å². The van der Waals surface area contributed by atoms with Crippen molar-refractivity contribution in [2.75, 3.05) is 13.2 Å². The lowest BCUT2D eigenvalue weighted by atomic mass is 10.1. The van der Waals surface area contributed by atoms with Crippen LogP contribution < -0.4 is 0 Å². The minimum atomic E-state index is -0.340. The molecule has 0 radical (unpaired) electrons. The number of hydrogen-bond acceptors (Lipinski definition) is 3. The number of nitrogens with zero attached hydrogens (tertiary/aromatic N) is 1. The molecular weight excluding hydrogens is 190 g/mol. The van der Waals surface area contributed by atoms with Gasteiger partial charge in [0, 0.05) is 5.57 Å². The van der Waals surface area contributed by atoms with Gasteiger partial charge in [-0.05, 0) is 31.9 Å². The minimum Gasteiger partial charge on any atom is -0.460 e. The Morgan fingerprint density at radius 2 is 2.20 bits per heavy atom. The zero-order valence-corrected chi connectivity index (χ0v) is 9.95. The summed E-state index contributed by atoms with van der Waals surface area (Å²) in [6, 6.07) is 0. The van der Waals surface area contributed by atoms with Crippen molar-refractivity contribution in [3.05, 3.63) is 12.2 Å². The van der Waals surface area contributed by atoms with Gasteiger partial charge in [0.1, 0.15) is 6.61 Å². The molecule has 0 unspecified atom stereocenters. The number of aliphatic imine (C=N–C) groups is 1. The highest BCUT2D eigenvalue weighted by Crippen LogP contribution is 2.00. The van der Waals surface area contributed by atoms with E-state index in [1.54, 1.807) is 6.92 Å². The molecule has 0 atom stereocenters. The van der Waals surface area contributed by atoms with Crippen LogP contribution in [0, 0.1) is 5.92 Å². The second kappa shape index (κ2) is 8.21. The summed E-state index contributed by atoms with van der Waals surface area (Å²) in [5.41, 5.74) is 0.429. The number of carbonyl (C=O) groups excluding carboxylic acids is 1. The second-order valence-electron chi connectivity index (χ2n) is 3.98. The molecule has 0 aromatic rings. The quantitative estimate of drug-likeness (QED) is 0.281. The molecule has 15 heavy (non-hydrogen) atoms. The van der Waals surface area contributed by atoms with Gasteiger partial charge in [0.25, 0.3) is 0 Å². The summed E-state index contributed by atoms with van der Waals surface area (Å²) in [6.45, 7) is 10.4. The molecular formula is C12H21NO2. The average molecular weight is 211 g/mol. The number of esters is 1. The highest BCUT2D eigenvalue weighted by Gasteiger charge is 2.00. The number of hydrogen-bond donors (Lipinski definition) is 0. The first kappa shape index (κ1) is 13.9. The zero-order valence-electron chi connectivity index (χ0n) is 9.95. The van der Waals surface area contributed by atoms with Crippen molar-refractivity contribution in [2.24, 2.45) is 10.9 Å². The third-order valence-corrected chi connectivity index (χ3v) is 1.80. The maximum atomic E-state index is 10.9. The SMILES string of the molecule is C=C(C)C(=O)OCC/N=C/CCC(C)C. The third-order valence-electron chi connectivity index (χ3n) is 1.80. The molecule has 0 rings (SSSR count). The second-order valence-corrected chi connectivity index (χ2v) is 3.98. The van der Waals surface area contributed by atoms with Crippen molar-refractivity contribution in [1.29, 1.82) is 0 Å². The molecule has 0 aromatic carbocycles. The fourth-order valence-electron chi connectivity index (χ4n) is 0.905. The topological polar surface area (TPSA) is 38.7 Å². The Labute approximate surface area is 92.2 Å². The molecule has 0 amide bonds. The molecule has 86 valence electrons. The van der Waals surface area contributed by atoms with Gasteiger partial charge in [0.2, 0.25) is 0 Å². The summed E-state index contributed by atoms with van der Waals surface area (Å²) >= 11 is 0. The van der Waals surface area contributed by atoms with E-state index >= 15 is 0 Å². The van der Waals surface area contributed by atoms with Gasteiger partial charge in [-0.15, -0.1) is 0 Å². The summed E-state index contributed by atoms with van der Waals surface area (Å²) in [4.78, 5) is 15.1. The van der Waals surface area contributed by atoms with E-state index in [1.807, 2.05) is 6.21 Å². The molecule has 0 aromatic heterocycles. The molecule has 0 aliphatic carbocycles. The Kier molecular flexibility index (Phi) is 7.60. The lowest BCUT2D eigenvalue weighted by Crippen LogP contribution is -2.08. The standard InChI is InChI=1S/C12H21NO2/c1-10(2)6-5-7-13-8-9-15-12(14)11(3)4/h7,10H,3,5-6,8-9H2,1-2,4H3/b13-7+. The monoisotopic (exact) mass is 211 g/mol. The molecule has 0 saturated heterocycles. The summed E-state index contributed by atoms with van der Waals surface area (Å²) in [7, 11) is 0. The maximum absolute atomic E-state index is 10.9. The van der Waals surface area contributed by atoms with Crippen molar-refractivity contribution in [3.8, 4) is 0 Å². The molecule has 3 heteroatoms. The van der Waals surface area contributed by atoms with Crippen LogP contribution in [0.4, 0.5) is 0 Å². The van der Waals surface area contributed by atoms with Gasteiger partial charge in [-0.3, -0.25) is 4.99 Å². The van der Waals surface area contributed by atoms with Gasteiger partial charge in [0.05, 0.1) is 6.54 Å². The minimum absolute atomic E-state index is 0.337. The average Bonchev–Trinajstić information content (AvgIpc) is 2.15. The van der Waals surface area contributed by atoms with Gasteiger partial charge >= 0.3 is 5.97 Å². The van der Waals surface area contributed by atoms with E-state index in [-0.39, 0.29) is 5.97 Å². The summed E-state index contributed by atoms with van der Waals surface area (Å²) in [5, 5.41) is 0. The van der Waals surface area contributed by atoms with E-state index in [1.165, 1.54) is 0 Å². The van der Waals surface area contributed by atoms with Gasteiger partial charge in [-0.2, -0.15) is 0 Å². The van der Waals surface area contributed by atoms with E-state index in [0.717, 1.165) is 12.8 Å². The Morgan fingerprint density at radius 1 is 1.53 bits per heavy atom. The fraction of sp³-hybridized carbons (Fsp3) is 0.667. The van der Waals surface area contributed by atoms with Gasteiger partial charge in [-0.25, -0.2) is 4.79 Å². The number of carbonyl (C=O) groups is 1. The molecule has 3 nitrogen and oxygen atoms in total. The van der Waals surface area contributed by atoms with Crippen molar-refractivity contribution >= 4 is 12.2 Å². The highest BCUT2D eigenvalue weighted by molar-refractivity contribution is 5.86. The van der Waals surface area contributed by atoms with Gasteiger partial charge < -0.3 is 4.74 Å². The molecule has 0 N–H and O–H groups in total.